The van der Waals surface area contributed by atoms with E-state index in [2.05, 4.69) is 308 Å². The molecule has 0 saturated carbocycles. The number of benzene rings is 16. The molecule has 0 unspecified atom stereocenters. The molecule has 0 N–H and O–H groups in total. The second-order valence-corrected chi connectivity index (χ2v) is 24.9. The molecule has 6 nitrogen and oxygen atoms in total. The third kappa shape index (κ3) is 8.79. The van der Waals surface area contributed by atoms with E-state index in [1.807, 2.05) is 18.2 Å². The van der Waals surface area contributed by atoms with E-state index in [1.54, 1.807) is 0 Å². The molecular weight excluding hydrogens is 1170 g/mol. The van der Waals surface area contributed by atoms with Gasteiger partial charge in [0.2, 0.25) is 0 Å². The van der Waals surface area contributed by atoms with Crippen molar-refractivity contribution in [1.29, 1.82) is 0 Å². The van der Waals surface area contributed by atoms with Gasteiger partial charge in [-0.3, -0.25) is 9.13 Å². The van der Waals surface area contributed by atoms with Crippen LogP contribution in [-0.4, -0.2) is 19.1 Å². The van der Waals surface area contributed by atoms with Gasteiger partial charge >= 0.3 is 0 Å². The lowest BCUT2D eigenvalue weighted by molar-refractivity contribution is 0.669. The Balaban J connectivity index is 0.000000139. The van der Waals surface area contributed by atoms with Gasteiger partial charge in [0.15, 0.2) is 0 Å². The summed E-state index contributed by atoms with van der Waals surface area (Å²) in [6.07, 6.45) is 0.865. The maximum Gasteiger partial charge on any atom is 0.136 e. The normalized spacial score (nSPS) is 11.8. The number of nitrogens with zero attached hydrogens (tertiary/aromatic N) is 4. The molecule has 4 aromatic heterocycles. The largest absolute Gasteiger partial charge is 0.456 e. The van der Waals surface area contributed by atoms with E-state index >= 15 is 0 Å². The molecule has 4 heterocycles. The number of fused-ring (bicyclic) bond motifs is 16. The summed E-state index contributed by atoms with van der Waals surface area (Å²) in [6.45, 7) is 4.24. The molecule has 0 aliphatic carbocycles. The number of rotatable bonds is 7. The van der Waals surface area contributed by atoms with Crippen molar-refractivity contribution in [3.8, 4) is 55.9 Å². The Bertz CT molecular complexity index is 6410. The van der Waals surface area contributed by atoms with Gasteiger partial charge in [0.1, 0.15) is 34.0 Å². The fourth-order valence-corrected chi connectivity index (χ4v) is 15.5. The van der Waals surface area contributed by atoms with Crippen LogP contribution in [0.4, 0.5) is 0 Å². The molecule has 0 amide bonds. The zero-order chi connectivity index (χ0) is 62.8. The Morgan fingerprint density at radius 3 is 1.03 bits per heavy atom. The maximum absolute atomic E-state index is 6.27. The first kappa shape index (κ1) is 56.4. The summed E-state index contributed by atoms with van der Waals surface area (Å²) in [5, 5.41) is 19.4. The Kier molecular flexibility index (Phi) is 13.2. The first-order valence-corrected chi connectivity index (χ1v) is 32.7. The third-order valence-electron chi connectivity index (χ3n) is 19.7. The average molecular weight is 1230 g/mol. The van der Waals surface area contributed by atoms with Crippen LogP contribution < -0.4 is 0 Å². The zero-order valence-electron chi connectivity index (χ0n) is 52.2. The van der Waals surface area contributed by atoms with Crippen LogP contribution in [0.5, 0.6) is 0 Å². The number of hydrogen-bond acceptors (Lipinski definition) is 4. The van der Waals surface area contributed by atoms with Crippen molar-refractivity contribution in [2.45, 2.75) is 27.7 Å². The van der Waals surface area contributed by atoms with Crippen LogP contribution in [0.1, 0.15) is 26.0 Å². The first-order valence-electron chi connectivity index (χ1n) is 32.7. The molecule has 16 aromatic carbocycles. The van der Waals surface area contributed by atoms with Gasteiger partial charge in [0, 0.05) is 39.3 Å². The molecule has 0 bridgehead atoms. The van der Waals surface area contributed by atoms with E-state index in [0.717, 1.165) is 84.6 Å². The number of furan rings is 2. The van der Waals surface area contributed by atoms with E-state index in [4.69, 9.17) is 18.8 Å². The number of para-hydroxylation sites is 6. The highest BCUT2D eigenvalue weighted by atomic mass is 16.3. The van der Waals surface area contributed by atoms with Crippen molar-refractivity contribution in [3.63, 3.8) is 0 Å². The Hall–Kier alpha value is -12.4. The lowest BCUT2D eigenvalue weighted by Gasteiger charge is -2.18. The Morgan fingerprint density at radius 2 is 0.615 bits per heavy atom. The molecule has 0 radical (unpaired) electrons. The van der Waals surface area contributed by atoms with E-state index in [1.165, 1.54) is 120 Å². The van der Waals surface area contributed by atoms with Crippen molar-refractivity contribution in [2.75, 3.05) is 0 Å². The molecule has 20 aromatic rings. The van der Waals surface area contributed by atoms with Gasteiger partial charge in [-0.2, -0.15) is 0 Å². The lowest BCUT2D eigenvalue weighted by Crippen LogP contribution is -2.00. The van der Waals surface area contributed by atoms with Gasteiger partial charge < -0.3 is 8.83 Å². The number of aryl methyl sites for hydroxylation is 2. The molecule has 0 aliphatic rings. The van der Waals surface area contributed by atoms with Gasteiger partial charge in [-0.15, -0.1) is 0 Å². The zero-order valence-corrected chi connectivity index (χ0v) is 52.2. The summed E-state index contributed by atoms with van der Waals surface area (Å²) in [4.78, 5) is 9.71. The summed E-state index contributed by atoms with van der Waals surface area (Å²) in [6, 6.07) is 109. The van der Waals surface area contributed by atoms with Crippen molar-refractivity contribution in [3.05, 3.63) is 315 Å². The van der Waals surface area contributed by atoms with Gasteiger partial charge in [-0.1, -0.05) is 233 Å². The molecule has 0 spiro atoms. The topological polar surface area (TPSA) is 61.9 Å². The summed E-state index contributed by atoms with van der Waals surface area (Å²) < 4.78 is 17.1. The highest BCUT2D eigenvalue weighted by Crippen LogP contribution is 2.48. The van der Waals surface area contributed by atoms with Crippen molar-refractivity contribution >= 4 is 131 Å². The molecule has 454 valence electrons. The second-order valence-electron chi connectivity index (χ2n) is 24.9. The molecule has 0 aliphatic heterocycles. The number of imidazole rings is 2. The minimum Gasteiger partial charge on any atom is -0.456 e. The highest BCUT2D eigenvalue weighted by Gasteiger charge is 2.22. The van der Waals surface area contributed by atoms with Gasteiger partial charge in [0.25, 0.3) is 0 Å². The van der Waals surface area contributed by atoms with E-state index in [-0.39, 0.29) is 7.43 Å². The minimum atomic E-state index is 0. The van der Waals surface area contributed by atoms with Crippen LogP contribution in [0.2, 0.25) is 0 Å². The molecule has 6 heteroatoms. The van der Waals surface area contributed by atoms with Gasteiger partial charge in [0.05, 0.1) is 22.1 Å². The van der Waals surface area contributed by atoms with Crippen LogP contribution in [0.15, 0.2) is 312 Å². The quantitative estimate of drug-likeness (QED) is 0.149. The minimum absolute atomic E-state index is 0. The molecule has 96 heavy (non-hydrogen) atoms. The predicted octanol–water partition coefficient (Wildman–Crippen LogP) is 24.9. The van der Waals surface area contributed by atoms with Crippen molar-refractivity contribution in [1.82, 2.24) is 19.1 Å². The summed E-state index contributed by atoms with van der Waals surface area (Å²) in [5.41, 5.74) is 20.0. The Labute approximate surface area is 553 Å². The predicted molar refractivity (Wildman–Crippen MR) is 404 cm³/mol. The molecule has 0 atom stereocenters. The molecule has 0 fully saturated rings. The fraction of sp³-hybridized carbons (Fsp3) is 0.0444. The van der Waals surface area contributed by atoms with E-state index < -0.39 is 0 Å². The second kappa shape index (κ2) is 22.4. The highest BCUT2D eigenvalue weighted by molar-refractivity contribution is 6.26. The lowest BCUT2D eigenvalue weighted by atomic mass is 9.85. The first-order chi connectivity index (χ1) is 47.0. The van der Waals surface area contributed by atoms with Crippen LogP contribution in [-0.2, 0) is 6.42 Å². The fourth-order valence-electron chi connectivity index (χ4n) is 15.5. The van der Waals surface area contributed by atoms with Gasteiger partial charge in [-0.05, 0) is 201 Å². The van der Waals surface area contributed by atoms with Crippen LogP contribution >= 0.6 is 0 Å². The standard InChI is InChI=1S/C45H30N2O.C44H28N2O.CH4/c1-2-42-46-38-16-8-9-17-39(38)47(42)31-24-21-29(22-25-31)43-32-11-3-5-13-34(32)44(35-14-6-4-12-33(35)43)30-20-19-28-23-26-41-45(37(28)27-30)36-15-7-10-18-40(36)48-41;1-27-45-38-15-7-8-16-39(38)46(27)31-23-20-29(21-24-31)42-32-10-2-4-12-34(32)43(35-13-5-3-11-33(35)42)30-19-18-28-22-25-41-44(37(28)26-30)36-14-6-9-17-40(36)47-41;/h3-27H,2H2,1H3;2-26H,1H3;1H4. The smallest absolute Gasteiger partial charge is 0.136 e. The van der Waals surface area contributed by atoms with E-state index in [9.17, 15) is 0 Å². The van der Waals surface area contributed by atoms with Crippen LogP contribution in [0, 0.1) is 6.92 Å². The number of hydrogen-bond donors (Lipinski definition) is 0. The maximum atomic E-state index is 6.27. The number of aromatic nitrogens is 4. The molecule has 20 rings (SSSR count). The van der Waals surface area contributed by atoms with E-state index in [0.29, 0.717) is 0 Å². The van der Waals surface area contributed by atoms with Crippen LogP contribution in [0.25, 0.3) is 186 Å². The molecular formula is C90H62N4O2. The summed E-state index contributed by atoms with van der Waals surface area (Å²) in [7, 11) is 0. The van der Waals surface area contributed by atoms with Crippen LogP contribution in [0.3, 0.4) is 0 Å². The van der Waals surface area contributed by atoms with Crippen molar-refractivity contribution < 1.29 is 8.83 Å². The monoisotopic (exact) mass is 1230 g/mol. The Morgan fingerprint density at radius 1 is 0.292 bits per heavy atom. The van der Waals surface area contributed by atoms with Gasteiger partial charge in [-0.25, -0.2) is 9.97 Å². The summed E-state index contributed by atoms with van der Waals surface area (Å²) >= 11 is 0. The SMILES string of the molecule is C.CCc1nc2ccccc2n1-c1ccc(-c2c3ccccc3c(-c3ccc4ccc5oc6ccccc6c5c4c3)c3ccccc23)cc1.Cc1nc2ccccc2n1-c1ccc(-c2c3ccccc3c(-c3ccc4ccc5oc6ccccc6c5c4c3)c3ccccc23)cc1. The summed E-state index contributed by atoms with van der Waals surface area (Å²) in [5.74, 6) is 2.05. The average Bonchev–Trinajstić information content (AvgIpc) is 0.963. The third-order valence-corrected chi connectivity index (χ3v) is 19.7. The van der Waals surface area contributed by atoms with Crippen molar-refractivity contribution in [2.24, 2.45) is 0 Å². The molecule has 0 saturated heterocycles.